The first-order valence-corrected chi connectivity index (χ1v) is 22.6. The summed E-state index contributed by atoms with van der Waals surface area (Å²) in [6, 6.07) is 0. The Labute approximate surface area is 96.2 Å². The molecule has 0 atom stereocenters. The molecule has 0 N–H and O–H groups in total. The van der Waals surface area contributed by atoms with Gasteiger partial charge in [-0.3, -0.25) is 0 Å². The molecular formula is C11H27NPbSi. The van der Waals surface area contributed by atoms with Gasteiger partial charge in [0.05, 0.1) is 0 Å². The van der Waals surface area contributed by atoms with Gasteiger partial charge in [-0.15, -0.1) is 0 Å². The van der Waals surface area contributed by atoms with Crippen LogP contribution in [0, 0.1) is 0 Å². The average Bonchev–Trinajstić information content (AvgIpc) is 1.78. The van der Waals surface area contributed by atoms with Gasteiger partial charge in [0.25, 0.3) is 0 Å². The zero-order valence-corrected chi connectivity index (χ0v) is 16.1. The van der Waals surface area contributed by atoms with E-state index in [2.05, 4.69) is 57.8 Å². The van der Waals surface area contributed by atoms with Crippen molar-refractivity contribution in [3.05, 3.63) is 8.83 Å². The van der Waals surface area contributed by atoms with Crippen LogP contribution >= 0.6 is 0 Å². The van der Waals surface area contributed by atoms with Gasteiger partial charge in [-0.2, -0.15) is 0 Å². The van der Waals surface area contributed by atoms with E-state index in [9.17, 15) is 0 Å². The molecule has 0 saturated carbocycles. The van der Waals surface area contributed by atoms with Crippen molar-refractivity contribution >= 4 is 29.2 Å². The third kappa shape index (κ3) is 7.17. The molecule has 0 saturated heterocycles. The molecule has 14 heavy (non-hydrogen) atoms. The number of hydrogen-bond acceptors (Lipinski definition) is 1. The fourth-order valence-electron chi connectivity index (χ4n) is 1.36. The average molecular weight is 409 g/mol. The van der Waals surface area contributed by atoms with E-state index in [0.717, 1.165) is 0 Å². The molecule has 84 valence electrons. The summed E-state index contributed by atoms with van der Waals surface area (Å²) in [4.78, 5) is 2.32. The molecule has 0 bridgehead atoms. The second kappa shape index (κ2) is 5.25. The van der Waals surface area contributed by atoms with E-state index in [4.69, 9.17) is 0 Å². The molecule has 0 spiro atoms. The predicted molar refractivity (Wildman–Crippen MR) is 73.3 cm³/mol. The first-order valence-electron chi connectivity index (χ1n) is 5.39. The van der Waals surface area contributed by atoms with Crippen LogP contribution < -0.4 is 0 Å². The van der Waals surface area contributed by atoms with Crippen LogP contribution in [0.1, 0.15) is 0 Å². The van der Waals surface area contributed by atoms with E-state index < -0.39 is 29.2 Å². The molecule has 0 heterocycles. The van der Waals surface area contributed by atoms with Crippen molar-refractivity contribution in [3.63, 3.8) is 0 Å². The number of rotatable bonds is 4. The molecule has 0 aromatic carbocycles. The Kier molecular flexibility index (Phi) is 5.57. The van der Waals surface area contributed by atoms with Gasteiger partial charge in [0, 0.05) is 0 Å². The number of hydrogen-bond donors (Lipinski definition) is 0. The zero-order valence-electron chi connectivity index (χ0n) is 11.2. The summed E-state index contributed by atoms with van der Waals surface area (Å²) in [5.41, 5.74) is 2.65. The van der Waals surface area contributed by atoms with Crippen molar-refractivity contribution in [3.8, 4) is 0 Å². The van der Waals surface area contributed by atoms with E-state index in [1.54, 1.807) is 0 Å². The molecule has 0 aliphatic heterocycles. The van der Waals surface area contributed by atoms with Gasteiger partial charge in [0.15, 0.2) is 0 Å². The fraction of sp³-hybridized carbons (Fsp3) is 0.818. The van der Waals surface area contributed by atoms with Gasteiger partial charge in [-0.1, -0.05) is 0 Å². The van der Waals surface area contributed by atoms with Crippen molar-refractivity contribution in [2.24, 2.45) is 0 Å². The van der Waals surface area contributed by atoms with Crippen LogP contribution in [0.4, 0.5) is 0 Å². The summed E-state index contributed by atoms with van der Waals surface area (Å²) in [5, 5.41) is 0. The summed E-state index contributed by atoms with van der Waals surface area (Å²) in [6.45, 7) is 8.49. The molecule has 0 fully saturated rings. The van der Waals surface area contributed by atoms with Crippen molar-refractivity contribution in [1.29, 1.82) is 0 Å². The van der Waals surface area contributed by atoms with Crippen molar-refractivity contribution < 1.29 is 0 Å². The monoisotopic (exact) mass is 409 g/mol. The number of nitrogens with zero attached hydrogens (tertiary/aromatic N) is 1. The van der Waals surface area contributed by atoms with Crippen LogP contribution in [0.15, 0.2) is 8.83 Å². The molecule has 0 aromatic heterocycles. The Hall–Kier alpha value is 0.839. The normalized spacial score (nSPS) is 15.1. The molecule has 0 aliphatic carbocycles. The molecule has 0 unspecified atom stereocenters. The van der Waals surface area contributed by atoms with Gasteiger partial charge < -0.3 is 0 Å². The van der Waals surface area contributed by atoms with E-state index >= 15 is 0 Å². The fourth-order valence-corrected chi connectivity index (χ4v) is 16.1. The van der Waals surface area contributed by atoms with Gasteiger partial charge in [0.1, 0.15) is 0 Å². The third-order valence-corrected chi connectivity index (χ3v) is 13.1. The van der Waals surface area contributed by atoms with Crippen LogP contribution in [-0.4, -0.2) is 54.8 Å². The van der Waals surface area contributed by atoms with Gasteiger partial charge in [-0.05, 0) is 0 Å². The topological polar surface area (TPSA) is 3.24 Å². The first-order chi connectivity index (χ1) is 6.02. The molecule has 0 rings (SSSR count). The maximum absolute atomic E-state index is 2.65. The van der Waals surface area contributed by atoms with E-state index in [1.807, 2.05) is 3.13 Å². The Morgan fingerprint density at radius 3 is 1.79 bits per heavy atom. The summed E-state index contributed by atoms with van der Waals surface area (Å²) in [7, 11) is 3.33. The van der Waals surface area contributed by atoms with Crippen molar-refractivity contribution in [2.75, 3.05) is 20.6 Å². The minimum atomic E-state index is -1.95. The molecule has 0 amide bonds. The third-order valence-electron chi connectivity index (χ3n) is 2.06. The second-order valence-electron chi connectivity index (χ2n) is 6.52. The molecule has 3 heteroatoms. The maximum atomic E-state index is 2.65. The summed E-state index contributed by atoms with van der Waals surface area (Å²) < 4.78 is 9.40. The van der Waals surface area contributed by atoms with Crippen LogP contribution in [0.2, 0.25) is 33.1 Å². The van der Waals surface area contributed by atoms with Crippen LogP contribution in [0.3, 0.4) is 0 Å². The van der Waals surface area contributed by atoms with Crippen LogP contribution in [-0.2, 0) is 0 Å². The van der Waals surface area contributed by atoms with Crippen molar-refractivity contribution in [2.45, 2.75) is 33.1 Å². The quantitative estimate of drug-likeness (QED) is 0.646. The SMILES string of the molecule is CN(C)C/[C](=C/[Si](C)(C)C)[Pb]([CH3])([CH3])[CH3]. The molecule has 0 radical (unpaired) electrons. The van der Waals surface area contributed by atoms with E-state index in [1.165, 1.54) is 6.54 Å². The Morgan fingerprint density at radius 1 is 1.14 bits per heavy atom. The zero-order chi connectivity index (χ0) is 11.6. The summed E-state index contributed by atoms with van der Waals surface area (Å²) in [5.74, 6) is 0. The summed E-state index contributed by atoms with van der Waals surface area (Å²) in [6.07, 6.45) is 0. The Morgan fingerprint density at radius 2 is 1.57 bits per heavy atom. The van der Waals surface area contributed by atoms with Gasteiger partial charge >= 0.3 is 96.7 Å². The standard InChI is InChI=1S/C8H18NSi.3CH3.Pb/c1-9(2)7-6-8-10(3,4)5;;;;/h8H,7H2,1-5H3;3*1H3;. The Balaban J connectivity index is 4.83. The second-order valence-corrected chi connectivity index (χ2v) is 31.5. The Bertz CT molecular complexity index is 208. The molecule has 0 aromatic rings. The molecule has 1 nitrogen and oxygen atoms in total. The predicted octanol–water partition coefficient (Wildman–Crippen LogP) is 3.23. The molecule has 0 aliphatic rings. The van der Waals surface area contributed by atoms with Gasteiger partial charge in [-0.25, -0.2) is 0 Å². The molecular weight excluding hydrogens is 381 g/mol. The van der Waals surface area contributed by atoms with E-state index in [0.29, 0.717) is 0 Å². The van der Waals surface area contributed by atoms with Crippen LogP contribution in [0.25, 0.3) is 0 Å². The van der Waals surface area contributed by atoms with Crippen LogP contribution in [0.5, 0.6) is 0 Å². The van der Waals surface area contributed by atoms with Gasteiger partial charge in [0.2, 0.25) is 0 Å². The number of likely N-dealkylation sites (N-methyl/N-ethyl adjacent to an activating group) is 1. The van der Waals surface area contributed by atoms with Crippen molar-refractivity contribution in [1.82, 2.24) is 4.90 Å². The summed E-state index contributed by atoms with van der Waals surface area (Å²) >= 11 is -1.95. The minimum absolute atomic E-state index is 1.03. The van der Waals surface area contributed by atoms with E-state index in [-0.39, 0.29) is 0 Å². The first kappa shape index (κ1) is 14.8.